The van der Waals surface area contributed by atoms with Crippen LogP contribution in [0.1, 0.15) is 151 Å². The van der Waals surface area contributed by atoms with Crippen molar-refractivity contribution in [2.24, 2.45) is 46.8 Å². The molecule has 3 rings (SSSR count). The van der Waals surface area contributed by atoms with Gasteiger partial charge in [0.25, 0.3) is 0 Å². The zero-order chi connectivity index (χ0) is 26.8. The van der Waals surface area contributed by atoms with Gasteiger partial charge in [-0.1, -0.05) is 91.4 Å². The fourth-order valence-electron chi connectivity index (χ4n) is 8.77. The minimum absolute atomic E-state index is 0.631. The fourth-order valence-corrected chi connectivity index (χ4v) is 8.77. The molecule has 0 radical (unpaired) electrons. The third kappa shape index (κ3) is 9.17. The van der Waals surface area contributed by atoms with E-state index in [1.165, 1.54) is 115 Å². The lowest BCUT2D eigenvalue weighted by Crippen LogP contribution is -2.41. The topological polar surface area (TPSA) is 12.0 Å². The second-order valence-corrected chi connectivity index (χ2v) is 14.7. The third-order valence-electron chi connectivity index (χ3n) is 11.4. The summed E-state index contributed by atoms with van der Waals surface area (Å²) in [6.45, 7) is 20.1. The Bertz CT molecular complexity index is 703. The van der Waals surface area contributed by atoms with E-state index in [4.69, 9.17) is 0 Å². The van der Waals surface area contributed by atoms with Gasteiger partial charge in [0, 0.05) is 12.2 Å². The summed E-state index contributed by atoms with van der Waals surface area (Å²) in [6.07, 6.45) is 26.6. The van der Waals surface area contributed by atoms with Crippen LogP contribution >= 0.6 is 0 Å². The van der Waals surface area contributed by atoms with Gasteiger partial charge in [-0.05, 0) is 124 Å². The quantitative estimate of drug-likeness (QED) is 0.191. The molecule has 214 valence electrons. The van der Waals surface area contributed by atoms with Gasteiger partial charge in [-0.25, -0.2) is 0 Å². The number of hydrogen-bond acceptors (Lipinski definition) is 1. The summed E-state index contributed by atoms with van der Waals surface area (Å²) < 4.78 is 0. The molecule has 0 bridgehead atoms. The fraction of sp³-hybridized carbons (Fsp3) is 0.889. The van der Waals surface area contributed by atoms with Crippen LogP contribution in [0, 0.1) is 46.8 Å². The molecule has 0 heterocycles. The minimum atomic E-state index is 0.631. The maximum absolute atomic E-state index is 4.43. The SMILES string of the molecule is C=C(C[C@H]1CCCC2CC[C@]3(C)C(CCCCC(C)C)CCC3C2C/C=C(\C)C1)NCCCC(C)CC. The molecule has 3 aliphatic carbocycles. The minimum Gasteiger partial charge on any atom is -0.389 e. The Morgan fingerprint density at radius 1 is 1.05 bits per heavy atom. The van der Waals surface area contributed by atoms with Crippen molar-refractivity contribution < 1.29 is 0 Å². The Hall–Kier alpha value is -0.720. The zero-order valence-corrected chi connectivity index (χ0v) is 26.1. The molecule has 7 atom stereocenters. The number of fused-ring (bicyclic) bond motifs is 3. The van der Waals surface area contributed by atoms with Crippen molar-refractivity contribution in [2.75, 3.05) is 6.54 Å². The number of allylic oxidation sites excluding steroid dienone is 3. The molecule has 0 saturated heterocycles. The molecule has 0 spiro atoms. The van der Waals surface area contributed by atoms with Gasteiger partial charge in [-0.3, -0.25) is 0 Å². The van der Waals surface area contributed by atoms with Crippen molar-refractivity contribution in [1.82, 2.24) is 5.32 Å². The zero-order valence-electron chi connectivity index (χ0n) is 26.1. The first kappa shape index (κ1) is 30.8. The molecule has 0 aromatic carbocycles. The van der Waals surface area contributed by atoms with Gasteiger partial charge < -0.3 is 5.32 Å². The van der Waals surface area contributed by atoms with Crippen LogP contribution in [0.25, 0.3) is 0 Å². The summed E-state index contributed by atoms with van der Waals surface area (Å²) in [6, 6.07) is 0. The highest BCUT2D eigenvalue weighted by Crippen LogP contribution is 2.61. The maximum atomic E-state index is 4.43. The first-order valence-corrected chi connectivity index (χ1v) is 16.8. The molecule has 0 aromatic rings. The third-order valence-corrected chi connectivity index (χ3v) is 11.4. The molecule has 0 aliphatic heterocycles. The van der Waals surface area contributed by atoms with Crippen LogP contribution in [0.2, 0.25) is 0 Å². The lowest BCUT2D eigenvalue weighted by atomic mass is 9.56. The Morgan fingerprint density at radius 3 is 2.62 bits per heavy atom. The smallest absolute Gasteiger partial charge is 0.0143 e. The first-order valence-electron chi connectivity index (χ1n) is 16.8. The van der Waals surface area contributed by atoms with Gasteiger partial charge >= 0.3 is 0 Å². The largest absolute Gasteiger partial charge is 0.389 e. The summed E-state index contributed by atoms with van der Waals surface area (Å²) in [5.74, 6) is 6.41. The lowest BCUT2D eigenvalue weighted by Gasteiger charge is -2.49. The maximum Gasteiger partial charge on any atom is 0.0143 e. The normalized spacial score (nSPS) is 34.8. The Labute approximate surface area is 233 Å². The van der Waals surface area contributed by atoms with Crippen molar-refractivity contribution in [2.45, 2.75) is 151 Å². The second kappa shape index (κ2) is 15.2. The van der Waals surface area contributed by atoms with Crippen LogP contribution in [0.15, 0.2) is 23.9 Å². The summed E-state index contributed by atoms with van der Waals surface area (Å²) in [5, 5.41) is 3.68. The molecule has 1 nitrogen and oxygen atoms in total. The Balaban J connectivity index is 1.52. The van der Waals surface area contributed by atoms with Gasteiger partial charge in [0.05, 0.1) is 0 Å². The van der Waals surface area contributed by atoms with Gasteiger partial charge in [-0.15, -0.1) is 0 Å². The van der Waals surface area contributed by atoms with Gasteiger partial charge in [0.1, 0.15) is 0 Å². The van der Waals surface area contributed by atoms with E-state index in [9.17, 15) is 0 Å². The van der Waals surface area contributed by atoms with Crippen LogP contribution in [0.3, 0.4) is 0 Å². The molecule has 37 heavy (non-hydrogen) atoms. The van der Waals surface area contributed by atoms with Gasteiger partial charge in [0.15, 0.2) is 0 Å². The first-order chi connectivity index (χ1) is 17.7. The predicted octanol–water partition coefficient (Wildman–Crippen LogP) is 11.1. The Kier molecular flexibility index (Phi) is 12.6. The average Bonchev–Trinajstić information content (AvgIpc) is 3.19. The van der Waals surface area contributed by atoms with E-state index in [0.717, 1.165) is 48.0 Å². The average molecular weight is 512 g/mol. The highest BCUT2D eigenvalue weighted by Gasteiger charge is 2.52. The number of rotatable bonds is 13. The molecule has 0 amide bonds. The van der Waals surface area contributed by atoms with E-state index < -0.39 is 0 Å². The highest BCUT2D eigenvalue weighted by atomic mass is 14.9. The summed E-state index contributed by atoms with van der Waals surface area (Å²) in [4.78, 5) is 0. The summed E-state index contributed by atoms with van der Waals surface area (Å²) in [5.41, 5.74) is 3.58. The van der Waals surface area contributed by atoms with Crippen molar-refractivity contribution in [1.29, 1.82) is 0 Å². The molecule has 3 aliphatic rings. The van der Waals surface area contributed by atoms with E-state index >= 15 is 0 Å². The molecule has 0 aromatic heterocycles. The van der Waals surface area contributed by atoms with Crippen molar-refractivity contribution in [3.05, 3.63) is 23.9 Å². The van der Waals surface area contributed by atoms with Crippen molar-refractivity contribution in [3.8, 4) is 0 Å². The van der Waals surface area contributed by atoms with E-state index in [2.05, 4.69) is 59.5 Å². The molecular weight excluding hydrogens is 446 g/mol. The highest BCUT2D eigenvalue weighted by molar-refractivity contribution is 5.08. The number of unbranched alkanes of at least 4 members (excludes halogenated alkanes) is 1. The van der Waals surface area contributed by atoms with E-state index in [1.54, 1.807) is 5.57 Å². The second-order valence-electron chi connectivity index (χ2n) is 14.7. The van der Waals surface area contributed by atoms with E-state index in [0.29, 0.717) is 5.41 Å². The van der Waals surface area contributed by atoms with Crippen molar-refractivity contribution >= 4 is 0 Å². The van der Waals surface area contributed by atoms with Crippen LogP contribution in [0.4, 0.5) is 0 Å². The lowest BCUT2D eigenvalue weighted by molar-refractivity contribution is 0.00605. The monoisotopic (exact) mass is 512 g/mol. The van der Waals surface area contributed by atoms with Crippen LogP contribution in [-0.2, 0) is 0 Å². The molecule has 5 unspecified atom stereocenters. The van der Waals surface area contributed by atoms with Gasteiger partial charge in [-0.2, -0.15) is 0 Å². The van der Waals surface area contributed by atoms with E-state index in [-0.39, 0.29) is 0 Å². The molecular formula is C36H65N. The van der Waals surface area contributed by atoms with Crippen molar-refractivity contribution in [3.63, 3.8) is 0 Å². The predicted molar refractivity (Wildman–Crippen MR) is 165 cm³/mol. The molecule has 2 fully saturated rings. The summed E-state index contributed by atoms with van der Waals surface area (Å²) >= 11 is 0. The molecule has 2 saturated carbocycles. The number of hydrogen-bond donors (Lipinski definition) is 1. The van der Waals surface area contributed by atoms with Crippen LogP contribution in [-0.4, -0.2) is 6.54 Å². The molecule has 1 heteroatoms. The van der Waals surface area contributed by atoms with Gasteiger partial charge in [0.2, 0.25) is 0 Å². The standard InChI is InChI=1S/C36H65N/c1-8-28(4)14-12-24-37-30(6)26-31-15-11-16-32-22-23-36(7)33(17-10-9-13-27(2)3)19-21-35(36)34(32)20-18-29(5)25-31/h18,27-28,31-35,37H,6,8-17,19-26H2,1-5,7H3/b29-18+/t28?,31-,32?,33?,34?,35?,36+/m0/s1. The van der Waals surface area contributed by atoms with E-state index in [1.807, 2.05) is 0 Å². The number of nitrogens with one attached hydrogen (secondary N) is 1. The Morgan fingerprint density at radius 2 is 1.86 bits per heavy atom. The molecule has 1 N–H and O–H groups in total. The van der Waals surface area contributed by atoms with Crippen LogP contribution < -0.4 is 5.32 Å². The summed E-state index contributed by atoms with van der Waals surface area (Å²) in [7, 11) is 0. The van der Waals surface area contributed by atoms with Crippen LogP contribution in [0.5, 0.6) is 0 Å².